The first-order valence-corrected chi connectivity index (χ1v) is 9.74. The van der Waals surface area contributed by atoms with Crippen molar-refractivity contribution in [1.82, 2.24) is 0 Å². The summed E-state index contributed by atoms with van der Waals surface area (Å²) in [6.07, 6.45) is -4.53. The van der Waals surface area contributed by atoms with Gasteiger partial charge in [0.1, 0.15) is 12.4 Å². The van der Waals surface area contributed by atoms with E-state index in [-0.39, 0.29) is 36.8 Å². The number of aliphatic carboxylic acids is 1. The van der Waals surface area contributed by atoms with E-state index in [1.54, 1.807) is 0 Å². The highest BCUT2D eigenvalue weighted by molar-refractivity contribution is 5.90. The van der Waals surface area contributed by atoms with E-state index < -0.39 is 30.6 Å². The second kappa shape index (κ2) is 14.2. The molecule has 1 aromatic carbocycles. The van der Waals surface area contributed by atoms with Crippen LogP contribution in [0.15, 0.2) is 18.2 Å². The number of aliphatic hydroxyl groups is 1. The fourth-order valence-corrected chi connectivity index (χ4v) is 2.44. The summed E-state index contributed by atoms with van der Waals surface area (Å²) >= 11 is 0. The standard InChI is InChI=1S/C16H19NO9.2C2H6/c1-8(18)17-11-4-9(7-24-16(22)23)2-3-12(11)25-14-6-10(19)5-13(26-14)15(20)21;2*1-2/h2-4,10,13-14,19H,5-7H2,1H3,(H,17,18)(H,20,21)(H,22,23);2*1-2H3. The lowest BCUT2D eigenvalue weighted by Gasteiger charge is -2.31. The van der Waals surface area contributed by atoms with Crippen LogP contribution in [0.2, 0.25) is 0 Å². The smallest absolute Gasteiger partial charge is 0.479 e. The lowest BCUT2D eigenvalue weighted by Crippen LogP contribution is -2.42. The number of carboxylic acid groups (broad SMARTS) is 2. The number of nitrogens with one attached hydrogen (secondary N) is 1. The summed E-state index contributed by atoms with van der Waals surface area (Å²) in [5, 5.41) is 29.9. The van der Waals surface area contributed by atoms with E-state index in [1.807, 2.05) is 27.7 Å². The number of carbonyl (C=O) groups is 3. The van der Waals surface area contributed by atoms with E-state index >= 15 is 0 Å². The summed E-state index contributed by atoms with van der Waals surface area (Å²) in [5.41, 5.74) is 0.705. The number of anilines is 1. The molecule has 0 saturated carbocycles. The minimum Gasteiger partial charge on any atom is -0.479 e. The van der Waals surface area contributed by atoms with Gasteiger partial charge in [-0.25, -0.2) is 9.59 Å². The first-order valence-electron chi connectivity index (χ1n) is 9.74. The molecule has 1 aliphatic rings. The molecule has 3 unspecified atom stereocenters. The van der Waals surface area contributed by atoms with Crippen LogP contribution in [0.25, 0.3) is 0 Å². The number of carboxylic acids is 1. The Labute approximate surface area is 175 Å². The Morgan fingerprint density at radius 1 is 1.13 bits per heavy atom. The number of aliphatic hydroxyl groups excluding tert-OH is 1. The maximum atomic E-state index is 11.4. The van der Waals surface area contributed by atoms with Crippen LogP contribution in [0, 0.1) is 0 Å². The Bertz CT molecular complexity index is 693. The van der Waals surface area contributed by atoms with Crippen molar-refractivity contribution < 1.29 is 43.9 Å². The molecule has 0 radical (unpaired) electrons. The highest BCUT2D eigenvalue weighted by Crippen LogP contribution is 2.30. The largest absolute Gasteiger partial charge is 0.506 e. The number of hydrogen-bond donors (Lipinski definition) is 4. The van der Waals surface area contributed by atoms with E-state index in [9.17, 15) is 19.5 Å². The van der Waals surface area contributed by atoms with Crippen LogP contribution in [-0.4, -0.2) is 51.8 Å². The van der Waals surface area contributed by atoms with E-state index in [1.165, 1.54) is 25.1 Å². The molecule has 10 nitrogen and oxygen atoms in total. The summed E-state index contributed by atoms with van der Waals surface area (Å²) in [5.74, 6) is -1.41. The van der Waals surface area contributed by atoms with Gasteiger partial charge < -0.3 is 34.8 Å². The lowest BCUT2D eigenvalue weighted by molar-refractivity contribution is -0.195. The molecule has 0 bridgehead atoms. The third-order valence-electron chi connectivity index (χ3n) is 3.52. The quantitative estimate of drug-likeness (QED) is 0.499. The van der Waals surface area contributed by atoms with Crippen LogP contribution in [0.1, 0.15) is 53.0 Å². The molecular formula is C20H31NO9. The molecule has 2 rings (SSSR count). The van der Waals surface area contributed by atoms with Gasteiger partial charge in [-0.1, -0.05) is 33.8 Å². The van der Waals surface area contributed by atoms with Crippen molar-refractivity contribution in [2.75, 3.05) is 5.32 Å². The Balaban J connectivity index is 0.00000198. The molecule has 4 N–H and O–H groups in total. The Hall–Kier alpha value is -2.85. The molecule has 1 saturated heterocycles. The topological polar surface area (TPSA) is 152 Å². The molecule has 10 heteroatoms. The number of hydrogen-bond acceptors (Lipinski definition) is 7. The van der Waals surface area contributed by atoms with Crippen LogP contribution in [0.4, 0.5) is 10.5 Å². The molecule has 170 valence electrons. The SMILES string of the molecule is CC.CC.CC(=O)Nc1cc(COC(=O)O)ccc1OC1CC(O)CC(C(=O)O)O1. The molecular weight excluding hydrogens is 398 g/mol. The predicted octanol–water partition coefficient (Wildman–Crippen LogP) is 3.22. The van der Waals surface area contributed by atoms with E-state index in [0.29, 0.717) is 5.56 Å². The zero-order valence-electron chi connectivity index (χ0n) is 17.9. The number of benzene rings is 1. The van der Waals surface area contributed by atoms with Crippen molar-refractivity contribution >= 4 is 23.7 Å². The zero-order valence-corrected chi connectivity index (χ0v) is 17.9. The van der Waals surface area contributed by atoms with Crippen LogP contribution in [0.5, 0.6) is 5.75 Å². The van der Waals surface area contributed by atoms with Crippen LogP contribution < -0.4 is 10.1 Å². The van der Waals surface area contributed by atoms with Gasteiger partial charge in [-0.2, -0.15) is 0 Å². The normalized spacial score (nSPS) is 19.7. The molecule has 1 aliphatic heterocycles. The molecule has 0 aromatic heterocycles. The number of amides is 1. The van der Waals surface area contributed by atoms with Crippen LogP contribution in [-0.2, 0) is 25.7 Å². The van der Waals surface area contributed by atoms with Gasteiger partial charge in [0.2, 0.25) is 12.2 Å². The minimum absolute atomic E-state index is 0.0424. The molecule has 1 heterocycles. The van der Waals surface area contributed by atoms with Crippen molar-refractivity contribution in [3.05, 3.63) is 23.8 Å². The molecule has 1 aromatic rings. The number of carbonyl (C=O) groups excluding carboxylic acids is 1. The lowest BCUT2D eigenvalue weighted by atomic mass is 10.1. The third-order valence-corrected chi connectivity index (χ3v) is 3.52. The van der Waals surface area contributed by atoms with Gasteiger partial charge in [0, 0.05) is 19.8 Å². The first-order chi connectivity index (χ1) is 14.2. The number of ether oxygens (including phenoxy) is 3. The van der Waals surface area contributed by atoms with Crippen LogP contribution in [0.3, 0.4) is 0 Å². The summed E-state index contributed by atoms with van der Waals surface area (Å²) in [6, 6.07) is 4.46. The van der Waals surface area contributed by atoms with Crippen molar-refractivity contribution in [3.63, 3.8) is 0 Å². The Morgan fingerprint density at radius 2 is 1.77 bits per heavy atom. The van der Waals surface area contributed by atoms with Gasteiger partial charge >= 0.3 is 12.1 Å². The van der Waals surface area contributed by atoms with Crippen molar-refractivity contribution in [1.29, 1.82) is 0 Å². The zero-order chi connectivity index (χ0) is 23.3. The van der Waals surface area contributed by atoms with Gasteiger partial charge in [-0.05, 0) is 17.7 Å². The van der Waals surface area contributed by atoms with Crippen molar-refractivity contribution in [2.45, 2.75) is 72.6 Å². The average molecular weight is 429 g/mol. The maximum Gasteiger partial charge on any atom is 0.506 e. The first kappa shape index (κ1) is 27.1. The highest BCUT2D eigenvalue weighted by atomic mass is 16.7. The minimum atomic E-state index is -1.43. The Kier molecular flexibility index (Phi) is 12.8. The third kappa shape index (κ3) is 9.57. The maximum absolute atomic E-state index is 11.4. The van der Waals surface area contributed by atoms with E-state index in [2.05, 4.69) is 10.1 Å². The van der Waals surface area contributed by atoms with Gasteiger partial charge in [0.05, 0.1) is 11.8 Å². The van der Waals surface area contributed by atoms with Crippen molar-refractivity contribution in [3.8, 4) is 5.75 Å². The molecule has 0 aliphatic carbocycles. The van der Waals surface area contributed by atoms with E-state index in [4.69, 9.17) is 19.7 Å². The predicted molar refractivity (Wildman–Crippen MR) is 108 cm³/mol. The molecule has 1 fully saturated rings. The second-order valence-electron chi connectivity index (χ2n) is 5.70. The van der Waals surface area contributed by atoms with Gasteiger partial charge in [0.15, 0.2) is 6.10 Å². The van der Waals surface area contributed by atoms with Crippen LogP contribution >= 0.6 is 0 Å². The molecule has 3 atom stereocenters. The summed E-state index contributed by atoms with van der Waals surface area (Å²) < 4.78 is 15.4. The molecule has 1 amide bonds. The molecule has 0 spiro atoms. The number of rotatable bonds is 6. The summed E-state index contributed by atoms with van der Waals surface area (Å²) in [6.45, 7) is 9.06. The van der Waals surface area contributed by atoms with Gasteiger partial charge in [0.25, 0.3) is 0 Å². The fraction of sp³-hybridized carbons (Fsp3) is 0.550. The monoisotopic (exact) mass is 429 g/mol. The van der Waals surface area contributed by atoms with Crippen molar-refractivity contribution in [2.24, 2.45) is 0 Å². The Morgan fingerprint density at radius 3 is 2.30 bits per heavy atom. The summed E-state index contributed by atoms with van der Waals surface area (Å²) in [4.78, 5) is 32.9. The molecule has 30 heavy (non-hydrogen) atoms. The highest BCUT2D eigenvalue weighted by Gasteiger charge is 2.34. The van der Waals surface area contributed by atoms with E-state index in [0.717, 1.165) is 0 Å². The van der Waals surface area contributed by atoms with Gasteiger partial charge in [-0.15, -0.1) is 0 Å². The van der Waals surface area contributed by atoms with Gasteiger partial charge in [-0.3, -0.25) is 4.79 Å². The average Bonchev–Trinajstić information content (AvgIpc) is 2.70. The second-order valence-corrected chi connectivity index (χ2v) is 5.70. The fourth-order valence-electron chi connectivity index (χ4n) is 2.44. The summed E-state index contributed by atoms with van der Waals surface area (Å²) in [7, 11) is 0.